The van der Waals surface area contributed by atoms with E-state index in [-0.39, 0.29) is 0 Å². The van der Waals surface area contributed by atoms with Crippen LogP contribution in [0.2, 0.25) is 0 Å². The molecule has 0 saturated carbocycles. The second-order valence-electron chi connectivity index (χ2n) is 2.32. The molecule has 0 saturated heterocycles. The quantitative estimate of drug-likeness (QED) is 0.552. The fraction of sp³-hybridized carbons (Fsp3) is 0.889. The summed E-state index contributed by atoms with van der Waals surface area (Å²) in [6.45, 7) is 6.39. The van der Waals surface area contributed by atoms with Crippen molar-refractivity contribution >= 4 is 0 Å². The third-order valence-corrected chi connectivity index (χ3v) is 0.892. The van der Waals surface area contributed by atoms with Crippen LogP contribution in [0.4, 0.5) is 0 Å². The molecule has 1 nitrogen and oxygen atoms in total. The number of hydrogen-bond acceptors (Lipinski definition) is 1. The first-order valence-corrected chi connectivity index (χ1v) is 4.20. The average molecular weight is 141 g/mol. The molecule has 0 rings (SSSR count). The van der Waals surface area contributed by atoms with Gasteiger partial charge in [-0.25, -0.2) is 0 Å². The highest BCUT2D eigenvalue weighted by atomic mass is 14.2. The molecular formula is C9H19N. The van der Waals surface area contributed by atoms with Crippen LogP contribution in [-0.4, -0.2) is 0 Å². The van der Waals surface area contributed by atoms with Gasteiger partial charge in [0, 0.05) is 6.42 Å². The largest absolute Gasteiger partial charge is 0.198 e. The summed E-state index contributed by atoms with van der Waals surface area (Å²) in [4.78, 5) is 0. The minimum atomic E-state index is 0.730. The van der Waals surface area contributed by atoms with Gasteiger partial charge in [0.05, 0.1) is 6.07 Å². The summed E-state index contributed by atoms with van der Waals surface area (Å²) in [5.74, 6) is 0. The van der Waals surface area contributed by atoms with Gasteiger partial charge in [0.1, 0.15) is 0 Å². The summed E-state index contributed by atoms with van der Waals surface area (Å²) in [5, 5.41) is 8.04. The Morgan fingerprint density at radius 2 is 1.60 bits per heavy atom. The fourth-order valence-corrected chi connectivity index (χ4v) is 0.454. The Morgan fingerprint density at radius 3 is 1.90 bits per heavy atom. The van der Waals surface area contributed by atoms with Crippen molar-refractivity contribution in [2.24, 2.45) is 0 Å². The van der Waals surface area contributed by atoms with E-state index in [1.54, 1.807) is 0 Å². The molecule has 0 aromatic carbocycles. The third-order valence-electron chi connectivity index (χ3n) is 0.892. The molecule has 10 heavy (non-hydrogen) atoms. The average Bonchev–Trinajstić information content (AvgIpc) is 1.91. The Hall–Kier alpha value is -0.510. The molecule has 1 heteroatoms. The molecule has 0 aromatic rings. The SMILES string of the molecule is CCC.CCCCCC#N. The first-order valence-electron chi connectivity index (χ1n) is 4.20. The van der Waals surface area contributed by atoms with Crippen molar-refractivity contribution in [3.63, 3.8) is 0 Å². The second-order valence-corrected chi connectivity index (χ2v) is 2.32. The molecule has 0 aliphatic carbocycles. The van der Waals surface area contributed by atoms with Gasteiger partial charge in [-0.2, -0.15) is 5.26 Å². The fourth-order valence-electron chi connectivity index (χ4n) is 0.454. The van der Waals surface area contributed by atoms with Crippen LogP contribution < -0.4 is 0 Å². The zero-order valence-corrected chi connectivity index (χ0v) is 7.48. The van der Waals surface area contributed by atoms with E-state index in [4.69, 9.17) is 5.26 Å². The number of unbranched alkanes of at least 4 members (excludes halogenated alkanes) is 3. The van der Waals surface area contributed by atoms with Crippen LogP contribution in [0.3, 0.4) is 0 Å². The van der Waals surface area contributed by atoms with Gasteiger partial charge >= 0.3 is 0 Å². The summed E-state index contributed by atoms with van der Waals surface area (Å²) < 4.78 is 0. The minimum absolute atomic E-state index is 0.730. The van der Waals surface area contributed by atoms with Crippen molar-refractivity contribution in [1.82, 2.24) is 0 Å². The van der Waals surface area contributed by atoms with Gasteiger partial charge in [-0.3, -0.25) is 0 Å². The van der Waals surface area contributed by atoms with Crippen molar-refractivity contribution in [2.45, 2.75) is 52.9 Å². The van der Waals surface area contributed by atoms with Gasteiger partial charge in [-0.05, 0) is 6.42 Å². The summed E-state index contributed by atoms with van der Waals surface area (Å²) in [5.41, 5.74) is 0. The van der Waals surface area contributed by atoms with Crippen molar-refractivity contribution in [1.29, 1.82) is 5.26 Å². The molecule has 0 fully saturated rings. The molecule has 0 aromatic heterocycles. The number of nitrogens with zero attached hydrogens (tertiary/aromatic N) is 1. The van der Waals surface area contributed by atoms with E-state index < -0.39 is 0 Å². The van der Waals surface area contributed by atoms with Crippen LogP contribution in [0.1, 0.15) is 52.9 Å². The lowest BCUT2D eigenvalue weighted by Crippen LogP contribution is -1.68. The van der Waals surface area contributed by atoms with E-state index in [9.17, 15) is 0 Å². The summed E-state index contributed by atoms with van der Waals surface area (Å²) in [7, 11) is 0. The highest BCUT2D eigenvalue weighted by Crippen LogP contribution is 1.95. The van der Waals surface area contributed by atoms with Crippen molar-refractivity contribution in [2.75, 3.05) is 0 Å². The highest BCUT2D eigenvalue weighted by molar-refractivity contribution is 4.67. The molecule has 0 heterocycles. The molecule has 60 valence electrons. The predicted octanol–water partition coefficient (Wildman–Crippen LogP) is 3.51. The van der Waals surface area contributed by atoms with E-state index in [0.29, 0.717) is 0 Å². The molecule has 0 unspecified atom stereocenters. The number of nitriles is 1. The molecule has 0 aliphatic heterocycles. The lowest BCUT2D eigenvalue weighted by atomic mass is 10.2. The Kier molecular flexibility index (Phi) is 19.3. The molecule has 0 bridgehead atoms. The zero-order valence-electron chi connectivity index (χ0n) is 7.48. The highest BCUT2D eigenvalue weighted by Gasteiger charge is 1.79. The topological polar surface area (TPSA) is 23.8 Å². The van der Waals surface area contributed by atoms with E-state index >= 15 is 0 Å². The maximum Gasteiger partial charge on any atom is 0.0621 e. The van der Waals surface area contributed by atoms with Crippen LogP contribution in [0.25, 0.3) is 0 Å². The number of hydrogen-bond donors (Lipinski definition) is 0. The normalized spacial score (nSPS) is 7.40. The van der Waals surface area contributed by atoms with Crippen LogP contribution in [0.5, 0.6) is 0 Å². The first kappa shape index (κ1) is 12.2. The first-order chi connectivity index (χ1) is 4.83. The molecule has 0 atom stereocenters. The molecule has 0 aliphatic rings. The summed E-state index contributed by atoms with van der Waals surface area (Å²) in [6.07, 6.45) is 5.47. The van der Waals surface area contributed by atoms with Crippen LogP contribution >= 0.6 is 0 Å². The smallest absolute Gasteiger partial charge is 0.0621 e. The van der Waals surface area contributed by atoms with Crippen LogP contribution in [-0.2, 0) is 0 Å². The van der Waals surface area contributed by atoms with E-state index in [1.807, 2.05) is 0 Å². The molecule has 0 spiro atoms. The van der Waals surface area contributed by atoms with Crippen LogP contribution in [0, 0.1) is 11.3 Å². The van der Waals surface area contributed by atoms with Crippen molar-refractivity contribution < 1.29 is 0 Å². The van der Waals surface area contributed by atoms with E-state index in [1.165, 1.54) is 19.3 Å². The van der Waals surface area contributed by atoms with Gasteiger partial charge in [0.25, 0.3) is 0 Å². The Balaban J connectivity index is 0. The lowest BCUT2D eigenvalue weighted by molar-refractivity contribution is 0.734. The maximum atomic E-state index is 8.04. The monoisotopic (exact) mass is 141 g/mol. The van der Waals surface area contributed by atoms with Gasteiger partial charge in [0.15, 0.2) is 0 Å². The van der Waals surface area contributed by atoms with Gasteiger partial charge in [-0.15, -0.1) is 0 Å². The summed E-state index contributed by atoms with van der Waals surface area (Å²) >= 11 is 0. The van der Waals surface area contributed by atoms with Crippen molar-refractivity contribution in [3.8, 4) is 6.07 Å². The zero-order chi connectivity index (χ0) is 8.24. The van der Waals surface area contributed by atoms with E-state index in [0.717, 1.165) is 12.8 Å². The maximum absolute atomic E-state index is 8.04. The molecular weight excluding hydrogens is 122 g/mol. The van der Waals surface area contributed by atoms with Gasteiger partial charge in [-0.1, -0.05) is 40.0 Å². The predicted molar refractivity (Wildman–Crippen MR) is 45.7 cm³/mol. The summed E-state index contributed by atoms with van der Waals surface area (Å²) in [6, 6.07) is 2.10. The standard InChI is InChI=1S/C6H11N.C3H8/c1-2-3-4-5-6-7;1-3-2/h2-5H2,1H3;3H2,1-2H3. The third kappa shape index (κ3) is 25.9. The van der Waals surface area contributed by atoms with E-state index in [2.05, 4.69) is 26.8 Å². The molecule has 0 N–H and O–H groups in total. The molecule has 0 amide bonds. The Morgan fingerprint density at radius 1 is 1.10 bits per heavy atom. The van der Waals surface area contributed by atoms with Crippen LogP contribution in [0.15, 0.2) is 0 Å². The number of rotatable bonds is 3. The minimum Gasteiger partial charge on any atom is -0.198 e. The molecule has 0 radical (unpaired) electrons. The lowest BCUT2D eigenvalue weighted by Gasteiger charge is -1.84. The Bertz CT molecular complexity index is 71.3. The van der Waals surface area contributed by atoms with Crippen molar-refractivity contribution in [3.05, 3.63) is 0 Å². The Labute approximate surface area is 65.1 Å². The second kappa shape index (κ2) is 15.8. The van der Waals surface area contributed by atoms with Gasteiger partial charge < -0.3 is 0 Å². The van der Waals surface area contributed by atoms with Gasteiger partial charge in [0.2, 0.25) is 0 Å².